The van der Waals surface area contributed by atoms with Crippen molar-refractivity contribution in [3.8, 4) is 0 Å². The minimum atomic E-state index is -0.510. The fraction of sp³-hybridized carbons (Fsp3) is 0.0952. The van der Waals surface area contributed by atoms with Gasteiger partial charge in [0.05, 0.1) is 15.6 Å². The molecular formula is C21H14Cl2N2O3. The number of rotatable bonds is 5. The molecule has 0 amide bonds. The van der Waals surface area contributed by atoms with Crippen molar-refractivity contribution in [3.05, 3.63) is 98.2 Å². The van der Waals surface area contributed by atoms with Gasteiger partial charge < -0.3 is 4.42 Å². The topological polar surface area (TPSA) is 65.1 Å². The van der Waals surface area contributed by atoms with Gasteiger partial charge in [-0.2, -0.15) is 0 Å². The van der Waals surface area contributed by atoms with Gasteiger partial charge in [0.1, 0.15) is 0 Å². The van der Waals surface area contributed by atoms with Crippen LogP contribution in [0.2, 0.25) is 10.0 Å². The Labute approximate surface area is 170 Å². The summed E-state index contributed by atoms with van der Waals surface area (Å²) >= 11 is 12.5. The summed E-state index contributed by atoms with van der Waals surface area (Å²) in [6.45, 7) is 0.386. The van der Waals surface area contributed by atoms with Crippen LogP contribution in [0.5, 0.6) is 0 Å². The van der Waals surface area contributed by atoms with Crippen molar-refractivity contribution in [2.45, 2.75) is 13.0 Å². The van der Waals surface area contributed by atoms with E-state index >= 15 is 0 Å². The van der Waals surface area contributed by atoms with Gasteiger partial charge in [-0.1, -0.05) is 41.4 Å². The maximum atomic E-state index is 12.8. The summed E-state index contributed by atoms with van der Waals surface area (Å²) in [7, 11) is 0. The van der Waals surface area contributed by atoms with Crippen LogP contribution in [-0.2, 0) is 13.0 Å². The SMILES string of the molecule is O=C(c1ccccc1Cl)c1cc2oc(=O)n(CCc3ccccn3)c2cc1Cl. The number of ketones is 1. The van der Waals surface area contributed by atoms with E-state index in [1.165, 1.54) is 10.6 Å². The molecule has 0 aliphatic rings. The molecular weight excluding hydrogens is 399 g/mol. The van der Waals surface area contributed by atoms with Crippen LogP contribution in [-0.4, -0.2) is 15.3 Å². The number of fused-ring (bicyclic) bond motifs is 1. The molecule has 0 aliphatic heterocycles. The summed E-state index contributed by atoms with van der Waals surface area (Å²) in [5.41, 5.74) is 2.25. The van der Waals surface area contributed by atoms with Crippen molar-refractivity contribution in [1.29, 1.82) is 0 Å². The van der Waals surface area contributed by atoms with Crippen molar-refractivity contribution in [2.75, 3.05) is 0 Å². The molecule has 2 aromatic carbocycles. The van der Waals surface area contributed by atoms with Gasteiger partial charge in [0.25, 0.3) is 0 Å². The maximum Gasteiger partial charge on any atom is 0.419 e. The third-order valence-electron chi connectivity index (χ3n) is 4.44. The molecule has 140 valence electrons. The molecule has 2 heterocycles. The monoisotopic (exact) mass is 412 g/mol. The van der Waals surface area contributed by atoms with E-state index in [1.807, 2.05) is 18.2 Å². The van der Waals surface area contributed by atoms with E-state index in [4.69, 9.17) is 27.6 Å². The largest absolute Gasteiger partial charge is 0.419 e. The number of hydrogen-bond donors (Lipinski definition) is 0. The lowest BCUT2D eigenvalue weighted by Crippen LogP contribution is -2.15. The van der Waals surface area contributed by atoms with E-state index in [9.17, 15) is 9.59 Å². The predicted molar refractivity (Wildman–Crippen MR) is 108 cm³/mol. The highest BCUT2D eigenvalue weighted by molar-refractivity contribution is 6.38. The summed E-state index contributed by atoms with van der Waals surface area (Å²) in [5, 5.41) is 0.558. The number of aryl methyl sites for hydroxylation is 2. The Hall–Kier alpha value is -2.89. The smallest absolute Gasteiger partial charge is 0.408 e. The van der Waals surface area contributed by atoms with E-state index in [0.717, 1.165) is 5.69 Å². The number of nitrogens with zero attached hydrogens (tertiary/aromatic N) is 2. The quantitative estimate of drug-likeness (QED) is 0.442. The summed E-state index contributed by atoms with van der Waals surface area (Å²) in [5.74, 6) is -0.842. The molecule has 0 N–H and O–H groups in total. The van der Waals surface area contributed by atoms with E-state index < -0.39 is 5.76 Å². The Kier molecular flexibility index (Phi) is 5.03. The molecule has 2 aromatic heterocycles. The molecule has 0 aliphatic carbocycles. The van der Waals surface area contributed by atoms with Crippen molar-refractivity contribution in [2.24, 2.45) is 0 Å². The molecule has 0 radical (unpaired) electrons. The minimum Gasteiger partial charge on any atom is -0.408 e. The standard InChI is InChI=1S/C21H14Cl2N2O3/c22-16-7-2-1-6-14(16)20(26)15-11-19-18(12-17(15)23)25(21(27)28-19)10-8-13-5-3-4-9-24-13/h1-7,9,11-12H,8,10H2. The number of halogens is 2. The second-order valence-electron chi connectivity index (χ2n) is 6.20. The first-order valence-electron chi connectivity index (χ1n) is 8.56. The van der Waals surface area contributed by atoms with E-state index in [0.29, 0.717) is 34.7 Å². The predicted octanol–water partition coefficient (Wildman–Crippen LogP) is 4.77. The summed E-state index contributed by atoms with van der Waals surface area (Å²) < 4.78 is 6.83. The lowest BCUT2D eigenvalue weighted by Gasteiger charge is -2.07. The molecule has 4 aromatic rings. The molecule has 7 heteroatoms. The van der Waals surface area contributed by atoms with Crippen LogP contribution in [0.25, 0.3) is 11.1 Å². The second kappa shape index (κ2) is 7.62. The van der Waals surface area contributed by atoms with E-state index in [1.54, 1.807) is 36.5 Å². The van der Waals surface area contributed by atoms with Gasteiger partial charge in [-0.15, -0.1) is 0 Å². The number of benzene rings is 2. The lowest BCUT2D eigenvalue weighted by molar-refractivity contribution is 0.103. The van der Waals surface area contributed by atoms with Crippen molar-refractivity contribution >= 4 is 40.1 Å². The first-order chi connectivity index (χ1) is 13.5. The molecule has 5 nitrogen and oxygen atoms in total. The average molecular weight is 413 g/mol. The molecule has 0 saturated heterocycles. The molecule has 28 heavy (non-hydrogen) atoms. The van der Waals surface area contributed by atoms with Crippen LogP contribution in [0.3, 0.4) is 0 Å². The molecule has 0 unspecified atom stereocenters. The van der Waals surface area contributed by atoms with Crippen LogP contribution in [0.4, 0.5) is 0 Å². The third-order valence-corrected chi connectivity index (χ3v) is 5.08. The Morgan fingerprint density at radius 1 is 1.00 bits per heavy atom. The Balaban J connectivity index is 1.71. The molecule has 0 fully saturated rings. The van der Waals surface area contributed by atoms with E-state index in [-0.39, 0.29) is 16.4 Å². The fourth-order valence-electron chi connectivity index (χ4n) is 3.03. The minimum absolute atomic E-state index is 0.227. The molecule has 4 rings (SSSR count). The van der Waals surface area contributed by atoms with Gasteiger partial charge in [-0.25, -0.2) is 4.79 Å². The van der Waals surface area contributed by atoms with E-state index in [2.05, 4.69) is 4.98 Å². The Bertz CT molecular complexity index is 1230. The highest BCUT2D eigenvalue weighted by Gasteiger charge is 2.19. The van der Waals surface area contributed by atoms with Crippen molar-refractivity contribution in [1.82, 2.24) is 9.55 Å². The first-order valence-corrected chi connectivity index (χ1v) is 9.32. The van der Waals surface area contributed by atoms with Crippen LogP contribution in [0.15, 0.2) is 70.0 Å². The van der Waals surface area contributed by atoms with Gasteiger partial charge in [-0.05, 0) is 36.4 Å². The summed E-state index contributed by atoms with van der Waals surface area (Å²) in [6, 6.07) is 15.4. The number of carbonyl (C=O) groups is 1. The number of carbonyl (C=O) groups excluding carboxylic acids is 1. The third kappa shape index (κ3) is 3.46. The highest BCUT2D eigenvalue weighted by atomic mass is 35.5. The molecule has 0 saturated carbocycles. The normalized spacial score (nSPS) is 11.1. The lowest BCUT2D eigenvalue weighted by atomic mass is 10.0. The molecule has 0 spiro atoms. The zero-order valence-electron chi connectivity index (χ0n) is 14.6. The van der Waals surface area contributed by atoms with Gasteiger partial charge in [0.2, 0.25) is 0 Å². The number of aromatic nitrogens is 2. The van der Waals surface area contributed by atoms with Crippen LogP contribution < -0.4 is 5.76 Å². The fourth-order valence-corrected chi connectivity index (χ4v) is 3.50. The van der Waals surface area contributed by atoms with Gasteiger partial charge in [0.15, 0.2) is 11.4 Å². The number of pyridine rings is 1. The summed E-state index contributed by atoms with van der Waals surface area (Å²) in [6.07, 6.45) is 2.27. The maximum absolute atomic E-state index is 12.8. The van der Waals surface area contributed by atoms with Gasteiger partial charge >= 0.3 is 5.76 Å². The Morgan fingerprint density at radius 3 is 2.54 bits per heavy atom. The number of hydrogen-bond acceptors (Lipinski definition) is 4. The van der Waals surface area contributed by atoms with Crippen molar-refractivity contribution in [3.63, 3.8) is 0 Å². The zero-order chi connectivity index (χ0) is 19.7. The van der Waals surface area contributed by atoms with Gasteiger partial charge in [0, 0.05) is 36.0 Å². The zero-order valence-corrected chi connectivity index (χ0v) is 16.1. The average Bonchev–Trinajstić information content (AvgIpc) is 3.00. The first kappa shape index (κ1) is 18.5. The van der Waals surface area contributed by atoms with Crippen molar-refractivity contribution < 1.29 is 9.21 Å². The second-order valence-corrected chi connectivity index (χ2v) is 7.01. The number of oxazole rings is 1. The molecule has 0 bridgehead atoms. The molecule has 0 atom stereocenters. The van der Waals surface area contributed by atoms with Crippen LogP contribution >= 0.6 is 23.2 Å². The van der Waals surface area contributed by atoms with Crippen LogP contribution in [0, 0.1) is 0 Å². The summed E-state index contributed by atoms with van der Waals surface area (Å²) in [4.78, 5) is 29.4. The Morgan fingerprint density at radius 2 is 1.79 bits per heavy atom. The highest BCUT2D eigenvalue weighted by Crippen LogP contribution is 2.28. The van der Waals surface area contributed by atoms with Gasteiger partial charge in [-0.3, -0.25) is 14.3 Å². The van der Waals surface area contributed by atoms with Crippen LogP contribution in [0.1, 0.15) is 21.6 Å².